The van der Waals surface area contributed by atoms with Gasteiger partial charge in [0.25, 0.3) is 0 Å². The molecular formula is C13H20N2O. The summed E-state index contributed by atoms with van der Waals surface area (Å²) in [7, 11) is 1.94. The first-order chi connectivity index (χ1) is 7.59. The van der Waals surface area contributed by atoms with Gasteiger partial charge in [0.15, 0.2) is 0 Å². The number of ketones is 1. The molecule has 0 saturated heterocycles. The molecule has 3 nitrogen and oxygen atoms in total. The fraction of sp³-hybridized carbons (Fsp3) is 0.692. The van der Waals surface area contributed by atoms with Gasteiger partial charge in [-0.15, -0.1) is 0 Å². The zero-order valence-electron chi connectivity index (χ0n) is 10.4. The SMILES string of the molecule is Cc1nn(C)c(C)c1CC(=O)C1CCCC1. The molecule has 1 saturated carbocycles. The fourth-order valence-corrected chi connectivity index (χ4v) is 2.64. The normalized spacial score (nSPS) is 16.9. The minimum Gasteiger partial charge on any atom is -0.299 e. The predicted molar refractivity (Wildman–Crippen MR) is 63.4 cm³/mol. The van der Waals surface area contributed by atoms with Gasteiger partial charge in [-0.2, -0.15) is 5.10 Å². The molecule has 1 aromatic rings. The molecule has 1 aliphatic rings. The number of carbonyl (C=O) groups excluding carboxylic acids is 1. The molecule has 0 atom stereocenters. The molecule has 1 aliphatic carbocycles. The van der Waals surface area contributed by atoms with Crippen molar-refractivity contribution < 1.29 is 4.79 Å². The molecule has 1 aromatic heterocycles. The van der Waals surface area contributed by atoms with Crippen LogP contribution in [0.2, 0.25) is 0 Å². The smallest absolute Gasteiger partial charge is 0.140 e. The van der Waals surface area contributed by atoms with Crippen molar-refractivity contribution >= 4 is 5.78 Å². The monoisotopic (exact) mass is 220 g/mol. The first kappa shape index (κ1) is 11.4. The summed E-state index contributed by atoms with van der Waals surface area (Å²) in [6.45, 7) is 4.03. The lowest BCUT2D eigenvalue weighted by atomic mass is 9.96. The summed E-state index contributed by atoms with van der Waals surface area (Å²) < 4.78 is 1.87. The second kappa shape index (κ2) is 4.40. The van der Waals surface area contributed by atoms with Gasteiger partial charge in [-0.1, -0.05) is 12.8 Å². The van der Waals surface area contributed by atoms with Crippen molar-refractivity contribution in [2.45, 2.75) is 46.0 Å². The summed E-state index contributed by atoms with van der Waals surface area (Å²) in [5.74, 6) is 0.732. The van der Waals surface area contributed by atoms with Crippen LogP contribution < -0.4 is 0 Å². The van der Waals surface area contributed by atoms with E-state index in [0.717, 1.165) is 29.8 Å². The summed E-state index contributed by atoms with van der Waals surface area (Å²) in [5.41, 5.74) is 3.27. The fourth-order valence-electron chi connectivity index (χ4n) is 2.64. The van der Waals surface area contributed by atoms with Gasteiger partial charge in [0.2, 0.25) is 0 Å². The lowest BCUT2D eigenvalue weighted by Crippen LogP contribution is -2.14. The average molecular weight is 220 g/mol. The Balaban J connectivity index is 2.11. The number of carbonyl (C=O) groups is 1. The van der Waals surface area contributed by atoms with Gasteiger partial charge in [-0.25, -0.2) is 0 Å². The molecule has 88 valence electrons. The number of nitrogens with zero attached hydrogens (tertiary/aromatic N) is 2. The van der Waals surface area contributed by atoms with Crippen LogP contribution in [0.3, 0.4) is 0 Å². The number of hydrogen-bond donors (Lipinski definition) is 0. The van der Waals surface area contributed by atoms with E-state index < -0.39 is 0 Å². The Bertz CT molecular complexity index is 400. The third-order valence-electron chi connectivity index (χ3n) is 3.82. The quantitative estimate of drug-likeness (QED) is 0.783. The Morgan fingerprint density at radius 2 is 2.00 bits per heavy atom. The summed E-state index contributed by atoms with van der Waals surface area (Å²) in [5, 5.41) is 4.35. The number of hydrogen-bond acceptors (Lipinski definition) is 2. The number of rotatable bonds is 3. The van der Waals surface area contributed by atoms with Crippen LogP contribution in [0.4, 0.5) is 0 Å². The molecule has 1 fully saturated rings. The van der Waals surface area contributed by atoms with Gasteiger partial charge in [0.1, 0.15) is 5.78 Å². The van der Waals surface area contributed by atoms with E-state index in [-0.39, 0.29) is 0 Å². The molecule has 0 unspecified atom stereocenters. The molecule has 0 amide bonds. The second-order valence-corrected chi connectivity index (χ2v) is 4.90. The van der Waals surface area contributed by atoms with Gasteiger partial charge < -0.3 is 0 Å². The summed E-state index contributed by atoms with van der Waals surface area (Å²) in [6, 6.07) is 0. The first-order valence-corrected chi connectivity index (χ1v) is 6.11. The summed E-state index contributed by atoms with van der Waals surface area (Å²) in [6.07, 6.45) is 5.22. The number of aromatic nitrogens is 2. The summed E-state index contributed by atoms with van der Waals surface area (Å²) >= 11 is 0. The van der Waals surface area contributed by atoms with Crippen molar-refractivity contribution in [3.05, 3.63) is 17.0 Å². The molecule has 0 spiro atoms. The lowest BCUT2D eigenvalue weighted by Gasteiger charge is -2.07. The Kier molecular flexibility index (Phi) is 3.13. The van der Waals surface area contributed by atoms with Gasteiger partial charge in [0, 0.05) is 30.6 Å². The van der Waals surface area contributed by atoms with Crippen molar-refractivity contribution in [3.8, 4) is 0 Å². The number of Topliss-reactive ketones (excluding diaryl/α,β-unsaturated/α-hetero) is 1. The minimum atomic E-state index is 0.319. The summed E-state index contributed by atoms with van der Waals surface area (Å²) in [4.78, 5) is 12.1. The molecule has 1 heterocycles. The highest BCUT2D eigenvalue weighted by Gasteiger charge is 2.24. The van der Waals surface area contributed by atoms with Crippen LogP contribution in [0, 0.1) is 19.8 Å². The van der Waals surface area contributed by atoms with Crippen LogP contribution in [-0.4, -0.2) is 15.6 Å². The highest BCUT2D eigenvalue weighted by Crippen LogP contribution is 2.27. The lowest BCUT2D eigenvalue weighted by molar-refractivity contribution is -0.122. The molecule has 0 bridgehead atoms. The van der Waals surface area contributed by atoms with Crippen molar-refractivity contribution in [2.24, 2.45) is 13.0 Å². The molecular weight excluding hydrogens is 200 g/mol. The van der Waals surface area contributed by atoms with Crippen LogP contribution in [0.25, 0.3) is 0 Å². The van der Waals surface area contributed by atoms with Crippen LogP contribution in [0.1, 0.15) is 42.6 Å². The van der Waals surface area contributed by atoms with E-state index in [1.165, 1.54) is 12.8 Å². The third kappa shape index (κ3) is 2.04. The van der Waals surface area contributed by atoms with Crippen LogP contribution >= 0.6 is 0 Å². The maximum atomic E-state index is 12.1. The molecule has 0 aliphatic heterocycles. The van der Waals surface area contributed by atoms with Gasteiger partial charge in [-0.3, -0.25) is 9.48 Å². The second-order valence-electron chi connectivity index (χ2n) is 4.90. The van der Waals surface area contributed by atoms with Crippen LogP contribution in [0.5, 0.6) is 0 Å². The Labute approximate surface area is 96.8 Å². The highest BCUT2D eigenvalue weighted by atomic mass is 16.1. The average Bonchev–Trinajstić information content (AvgIpc) is 2.83. The molecule has 2 rings (SSSR count). The largest absolute Gasteiger partial charge is 0.299 e. The third-order valence-corrected chi connectivity index (χ3v) is 3.82. The van der Waals surface area contributed by atoms with Gasteiger partial charge in [-0.05, 0) is 26.7 Å². The Hall–Kier alpha value is -1.12. The van der Waals surface area contributed by atoms with Crippen LogP contribution in [-0.2, 0) is 18.3 Å². The minimum absolute atomic E-state index is 0.319. The van der Waals surface area contributed by atoms with Crippen molar-refractivity contribution in [1.29, 1.82) is 0 Å². The predicted octanol–water partition coefficient (Wildman–Crippen LogP) is 2.34. The zero-order valence-corrected chi connectivity index (χ0v) is 10.4. The maximum absolute atomic E-state index is 12.1. The van der Waals surface area contributed by atoms with Gasteiger partial charge >= 0.3 is 0 Å². The van der Waals surface area contributed by atoms with E-state index in [9.17, 15) is 4.79 Å². The maximum Gasteiger partial charge on any atom is 0.140 e. The van der Waals surface area contributed by atoms with Crippen molar-refractivity contribution in [1.82, 2.24) is 9.78 Å². The first-order valence-electron chi connectivity index (χ1n) is 6.11. The molecule has 3 heteroatoms. The van der Waals surface area contributed by atoms with E-state index in [1.54, 1.807) is 0 Å². The Morgan fingerprint density at radius 1 is 1.38 bits per heavy atom. The standard InChI is InChI=1S/C13H20N2O/c1-9-12(10(2)15(3)14-9)8-13(16)11-6-4-5-7-11/h11H,4-8H2,1-3H3. The van der Waals surface area contributed by atoms with E-state index >= 15 is 0 Å². The molecule has 16 heavy (non-hydrogen) atoms. The molecule has 0 aromatic carbocycles. The highest BCUT2D eigenvalue weighted by molar-refractivity contribution is 5.83. The van der Waals surface area contributed by atoms with E-state index in [4.69, 9.17) is 0 Å². The van der Waals surface area contributed by atoms with E-state index in [0.29, 0.717) is 18.1 Å². The van der Waals surface area contributed by atoms with E-state index in [2.05, 4.69) is 5.10 Å². The van der Waals surface area contributed by atoms with Gasteiger partial charge in [0.05, 0.1) is 5.69 Å². The number of aryl methyl sites for hydroxylation is 2. The molecule has 0 radical (unpaired) electrons. The zero-order chi connectivity index (χ0) is 11.7. The Morgan fingerprint density at radius 3 is 2.50 bits per heavy atom. The van der Waals surface area contributed by atoms with Crippen molar-refractivity contribution in [2.75, 3.05) is 0 Å². The topological polar surface area (TPSA) is 34.9 Å². The van der Waals surface area contributed by atoms with Crippen molar-refractivity contribution in [3.63, 3.8) is 0 Å². The van der Waals surface area contributed by atoms with Crippen LogP contribution in [0.15, 0.2) is 0 Å². The molecule has 0 N–H and O–H groups in total. The van der Waals surface area contributed by atoms with E-state index in [1.807, 2.05) is 25.6 Å².